The summed E-state index contributed by atoms with van der Waals surface area (Å²) >= 11 is 0. The zero-order valence-electron chi connectivity index (χ0n) is 21.6. The van der Waals surface area contributed by atoms with Crippen LogP contribution in [0.2, 0.25) is 0 Å². The number of allylic oxidation sites excluding steroid dienone is 2. The molecule has 9 nitrogen and oxygen atoms in total. The fourth-order valence-corrected chi connectivity index (χ4v) is 3.76. The molecule has 1 aliphatic heterocycles. The molecule has 0 saturated carbocycles. The molecule has 0 bridgehead atoms. The molecule has 3 heterocycles. The third kappa shape index (κ3) is 6.19. The SMILES string of the molecule is C/C=C/C.CCN1CNc2c1c(=O)nc(Nc1ccc(Oc3ccon3)cc1)n2Cc1ccc(C)cc1. The van der Waals surface area contributed by atoms with Gasteiger partial charge in [-0.2, -0.15) is 4.98 Å². The molecule has 0 saturated heterocycles. The Balaban J connectivity index is 0.000000747. The lowest BCUT2D eigenvalue weighted by atomic mass is 10.1. The van der Waals surface area contributed by atoms with Crippen LogP contribution in [0.5, 0.6) is 11.6 Å². The van der Waals surface area contributed by atoms with Crippen molar-refractivity contribution < 1.29 is 9.26 Å². The van der Waals surface area contributed by atoms with Crippen LogP contribution in [0, 0.1) is 6.92 Å². The molecular weight excluding hydrogens is 468 g/mol. The first-order valence-electron chi connectivity index (χ1n) is 12.2. The van der Waals surface area contributed by atoms with Gasteiger partial charge in [0.25, 0.3) is 11.4 Å². The minimum absolute atomic E-state index is 0.259. The summed E-state index contributed by atoms with van der Waals surface area (Å²) in [4.78, 5) is 19.3. The van der Waals surface area contributed by atoms with Crippen molar-refractivity contribution in [2.24, 2.45) is 0 Å². The van der Waals surface area contributed by atoms with E-state index in [2.05, 4.69) is 52.0 Å². The molecule has 9 heteroatoms. The number of aryl methyl sites for hydroxylation is 1. The smallest absolute Gasteiger partial charge is 0.300 e. The highest BCUT2D eigenvalue weighted by molar-refractivity contribution is 5.73. The standard InChI is InChI=1S/C24H24N6O3.C4H8/c1-3-29-15-25-22-21(29)23(31)27-24(30(22)14-17-6-4-16(2)5-7-17)26-18-8-10-19(11-9-18)33-20-12-13-32-28-20;1-3-4-2/h4-13,25H,3,14-15H2,1-2H3,(H,26,27,31);3-4H,1-2H3/b;4-3+. The first-order chi connectivity index (χ1) is 18.0. The van der Waals surface area contributed by atoms with Gasteiger partial charge in [-0.3, -0.25) is 9.36 Å². The Labute approximate surface area is 216 Å². The number of benzene rings is 2. The molecule has 0 unspecified atom stereocenters. The molecule has 4 aromatic rings. The zero-order chi connectivity index (χ0) is 26.2. The minimum Gasteiger partial charge on any atom is -0.436 e. The van der Waals surface area contributed by atoms with Gasteiger partial charge in [-0.05, 0) is 62.7 Å². The monoisotopic (exact) mass is 500 g/mol. The Kier molecular flexibility index (Phi) is 8.25. The lowest BCUT2D eigenvalue weighted by Gasteiger charge is -2.19. The maximum Gasteiger partial charge on any atom is 0.300 e. The molecule has 1 aliphatic rings. The normalized spacial score (nSPS) is 12.1. The van der Waals surface area contributed by atoms with Crippen LogP contribution in [0.1, 0.15) is 31.9 Å². The first kappa shape index (κ1) is 25.6. The maximum absolute atomic E-state index is 12.9. The van der Waals surface area contributed by atoms with Gasteiger partial charge in [0.2, 0.25) is 5.95 Å². The molecule has 2 N–H and O–H groups in total. The maximum atomic E-state index is 12.9. The van der Waals surface area contributed by atoms with Gasteiger partial charge in [0, 0.05) is 18.3 Å². The summed E-state index contributed by atoms with van der Waals surface area (Å²) in [6.07, 6.45) is 5.45. The van der Waals surface area contributed by atoms with E-state index in [0.717, 1.165) is 23.6 Å². The van der Waals surface area contributed by atoms with Gasteiger partial charge >= 0.3 is 0 Å². The highest BCUT2D eigenvalue weighted by Crippen LogP contribution is 2.31. The molecule has 0 radical (unpaired) electrons. The number of aromatic nitrogens is 3. The fourth-order valence-electron chi connectivity index (χ4n) is 3.76. The van der Waals surface area contributed by atoms with Crippen molar-refractivity contribution in [3.8, 4) is 11.6 Å². The number of nitrogens with one attached hydrogen (secondary N) is 2. The van der Waals surface area contributed by atoms with Crippen molar-refractivity contribution in [1.82, 2.24) is 14.7 Å². The predicted octanol–water partition coefficient (Wildman–Crippen LogP) is 5.92. The van der Waals surface area contributed by atoms with E-state index in [9.17, 15) is 4.79 Å². The van der Waals surface area contributed by atoms with Gasteiger partial charge < -0.3 is 24.8 Å². The van der Waals surface area contributed by atoms with Crippen molar-refractivity contribution in [1.29, 1.82) is 0 Å². The molecular formula is C28H32N6O3. The molecule has 0 fully saturated rings. The van der Waals surface area contributed by atoms with Gasteiger partial charge in [0.15, 0.2) is 0 Å². The van der Waals surface area contributed by atoms with Crippen molar-refractivity contribution in [3.63, 3.8) is 0 Å². The summed E-state index contributed by atoms with van der Waals surface area (Å²) in [5.74, 6) is 2.24. The van der Waals surface area contributed by atoms with E-state index in [1.54, 1.807) is 6.07 Å². The van der Waals surface area contributed by atoms with E-state index in [-0.39, 0.29) is 5.56 Å². The van der Waals surface area contributed by atoms with Crippen LogP contribution in [-0.2, 0) is 6.54 Å². The fraction of sp³-hybridized carbons (Fsp3) is 0.250. The minimum atomic E-state index is -0.259. The van der Waals surface area contributed by atoms with Crippen LogP contribution in [0.3, 0.4) is 0 Å². The van der Waals surface area contributed by atoms with Crippen molar-refractivity contribution in [2.75, 3.05) is 28.7 Å². The van der Waals surface area contributed by atoms with Gasteiger partial charge in [0.05, 0.1) is 13.2 Å². The van der Waals surface area contributed by atoms with Crippen LogP contribution in [0.4, 0.5) is 23.1 Å². The van der Waals surface area contributed by atoms with Crippen LogP contribution < -0.4 is 25.8 Å². The number of fused-ring (bicyclic) bond motifs is 1. The summed E-state index contributed by atoms with van der Waals surface area (Å²) in [5, 5.41) is 10.4. The van der Waals surface area contributed by atoms with Crippen molar-refractivity contribution in [2.45, 2.75) is 34.2 Å². The largest absolute Gasteiger partial charge is 0.436 e. The Morgan fingerprint density at radius 3 is 2.43 bits per heavy atom. The highest BCUT2D eigenvalue weighted by Gasteiger charge is 2.26. The highest BCUT2D eigenvalue weighted by atomic mass is 16.5. The van der Waals surface area contributed by atoms with E-state index in [1.165, 1.54) is 11.8 Å². The second-order valence-electron chi connectivity index (χ2n) is 8.46. The van der Waals surface area contributed by atoms with Gasteiger partial charge in [-0.25, -0.2) is 0 Å². The Hall–Kier alpha value is -4.53. The van der Waals surface area contributed by atoms with Gasteiger partial charge in [-0.15, -0.1) is 0 Å². The lowest BCUT2D eigenvalue weighted by molar-refractivity contribution is 0.367. The molecule has 0 spiro atoms. The van der Waals surface area contributed by atoms with Gasteiger partial charge in [0.1, 0.15) is 23.5 Å². The van der Waals surface area contributed by atoms with Crippen LogP contribution in [0.25, 0.3) is 0 Å². The molecule has 0 aliphatic carbocycles. The van der Waals surface area contributed by atoms with E-state index >= 15 is 0 Å². The Bertz CT molecular complexity index is 1370. The number of rotatable bonds is 7. The third-order valence-corrected chi connectivity index (χ3v) is 5.84. The van der Waals surface area contributed by atoms with E-state index in [4.69, 9.17) is 9.26 Å². The molecule has 2 aromatic carbocycles. The number of ether oxygens (including phenoxy) is 1. The average molecular weight is 501 g/mol. The summed E-state index contributed by atoms with van der Waals surface area (Å²) in [7, 11) is 0. The zero-order valence-corrected chi connectivity index (χ0v) is 21.6. The summed E-state index contributed by atoms with van der Waals surface area (Å²) in [5.41, 5.74) is 3.43. The van der Waals surface area contributed by atoms with Crippen molar-refractivity contribution >= 4 is 23.1 Å². The molecule has 192 valence electrons. The van der Waals surface area contributed by atoms with Crippen LogP contribution >= 0.6 is 0 Å². The topological polar surface area (TPSA) is 97.5 Å². The first-order valence-corrected chi connectivity index (χ1v) is 12.2. The molecule has 37 heavy (non-hydrogen) atoms. The van der Waals surface area contributed by atoms with E-state index < -0.39 is 0 Å². The lowest BCUT2D eigenvalue weighted by Crippen LogP contribution is -2.27. The molecule has 0 atom stereocenters. The van der Waals surface area contributed by atoms with Crippen LogP contribution in [0.15, 0.2) is 82.3 Å². The van der Waals surface area contributed by atoms with Gasteiger partial charge in [-0.1, -0.05) is 42.0 Å². The van der Waals surface area contributed by atoms with E-state index in [1.807, 2.05) is 66.7 Å². The number of nitrogens with zero attached hydrogens (tertiary/aromatic N) is 4. The second-order valence-corrected chi connectivity index (χ2v) is 8.46. The quantitative estimate of drug-likeness (QED) is 0.302. The third-order valence-electron chi connectivity index (χ3n) is 5.84. The van der Waals surface area contributed by atoms with Crippen molar-refractivity contribution in [3.05, 3.63) is 94.5 Å². The molecule has 5 rings (SSSR count). The second kappa shape index (κ2) is 11.9. The Morgan fingerprint density at radius 2 is 1.81 bits per heavy atom. The number of hydrogen-bond donors (Lipinski definition) is 2. The summed E-state index contributed by atoms with van der Waals surface area (Å²) in [6.45, 7) is 9.95. The Morgan fingerprint density at radius 1 is 1.08 bits per heavy atom. The van der Waals surface area contributed by atoms with E-state index in [0.29, 0.717) is 36.5 Å². The van der Waals surface area contributed by atoms with Crippen LogP contribution in [-0.4, -0.2) is 27.9 Å². The molecule has 2 aromatic heterocycles. The molecule has 0 amide bonds. The summed E-state index contributed by atoms with van der Waals surface area (Å²) < 4.78 is 12.4. The average Bonchev–Trinajstić information content (AvgIpc) is 3.59. The number of anilines is 4. The number of hydrogen-bond acceptors (Lipinski definition) is 8. The summed E-state index contributed by atoms with van der Waals surface area (Å²) in [6, 6.07) is 17.3. The predicted molar refractivity (Wildman–Crippen MR) is 147 cm³/mol.